The molecule has 1 aliphatic heterocycles. The van der Waals surface area contributed by atoms with E-state index in [1.807, 2.05) is 36.4 Å². The maximum Gasteiger partial charge on any atom is 0.261 e. The van der Waals surface area contributed by atoms with E-state index < -0.39 is 0 Å². The molecule has 1 fully saturated rings. The van der Waals surface area contributed by atoms with Gasteiger partial charge in [-0.05, 0) is 62.2 Å². The lowest BCUT2D eigenvalue weighted by Gasteiger charge is -2.24. The average Bonchev–Trinajstić information content (AvgIpc) is 3.16. The third-order valence-corrected chi connectivity index (χ3v) is 5.80. The van der Waals surface area contributed by atoms with Gasteiger partial charge in [-0.3, -0.25) is 4.79 Å². The fraction of sp³-hybridized carbons (Fsp3) is 0.273. The Morgan fingerprint density at radius 2 is 2.03 bits per heavy atom. The molecule has 4 N–H and O–H groups in total. The first-order valence-corrected chi connectivity index (χ1v) is 10.3. The minimum atomic E-state index is -0.178. The van der Waals surface area contributed by atoms with E-state index >= 15 is 0 Å². The lowest BCUT2D eigenvalue weighted by Crippen LogP contribution is -2.33. The van der Waals surface area contributed by atoms with Crippen molar-refractivity contribution in [3.05, 3.63) is 57.8 Å². The van der Waals surface area contributed by atoms with E-state index in [1.54, 1.807) is 6.07 Å². The van der Waals surface area contributed by atoms with Crippen LogP contribution < -0.4 is 16.2 Å². The molecule has 4 aromatic rings. The summed E-state index contributed by atoms with van der Waals surface area (Å²) in [6.45, 7) is 2.84. The van der Waals surface area contributed by atoms with Crippen LogP contribution in [0.5, 0.6) is 0 Å². The van der Waals surface area contributed by atoms with Crippen LogP contribution >= 0.6 is 11.6 Å². The first-order chi connectivity index (χ1) is 14.2. The summed E-state index contributed by atoms with van der Waals surface area (Å²) in [5, 5.41) is 8.52. The van der Waals surface area contributed by atoms with Gasteiger partial charge in [-0.15, -0.1) is 0 Å². The molecule has 1 saturated heterocycles. The number of pyridine rings is 1. The fourth-order valence-electron chi connectivity index (χ4n) is 4.09. The topological polar surface area (TPSA) is 85.6 Å². The van der Waals surface area contributed by atoms with Crippen LogP contribution in [0.25, 0.3) is 33.3 Å². The number of nitrogens with one attached hydrogen (secondary N) is 4. The minimum absolute atomic E-state index is 0.178. The number of rotatable bonds is 4. The van der Waals surface area contributed by atoms with E-state index in [-0.39, 0.29) is 5.56 Å². The Hall–Kier alpha value is -2.83. The summed E-state index contributed by atoms with van der Waals surface area (Å²) in [7, 11) is 0. The molecule has 1 atom stereocenters. The first-order valence-electron chi connectivity index (χ1n) is 9.94. The van der Waals surface area contributed by atoms with Crippen LogP contribution in [0.4, 0.5) is 5.69 Å². The fourth-order valence-corrected chi connectivity index (χ4v) is 4.26. The lowest BCUT2D eigenvalue weighted by molar-refractivity contribution is 0.393. The number of H-pyrrole nitrogens is 2. The highest BCUT2D eigenvalue weighted by Gasteiger charge is 2.20. The molecule has 148 valence electrons. The van der Waals surface area contributed by atoms with Crippen LogP contribution in [0.3, 0.4) is 0 Å². The van der Waals surface area contributed by atoms with Crippen LogP contribution in [-0.4, -0.2) is 34.6 Å². The molecular weight excluding hydrogens is 386 g/mol. The first kappa shape index (κ1) is 18.2. The smallest absolute Gasteiger partial charge is 0.261 e. The van der Waals surface area contributed by atoms with E-state index in [4.69, 9.17) is 11.6 Å². The monoisotopic (exact) mass is 407 g/mol. The van der Waals surface area contributed by atoms with E-state index in [1.165, 1.54) is 12.8 Å². The molecule has 5 rings (SSSR count). The number of hydrogen-bond donors (Lipinski definition) is 4. The zero-order valence-electron chi connectivity index (χ0n) is 15.9. The Morgan fingerprint density at radius 1 is 1.14 bits per heavy atom. The number of piperidine rings is 1. The maximum atomic E-state index is 13.1. The van der Waals surface area contributed by atoms with Crippen LogP contribution in [0.1, 0.15) is 12.8 Å². The van der Waals surface area contributed by atoms with Crippen molar-refractivity contribution < 1.29 is 0 Å². The van der Waals surface area contributed by atoms with E-state index in [9.17, 15) is 4.79 Å². The van der Waals surface area contributed by atoms with Gasteiger partial charge in [0.05, 0.1) is 22.2 Å². The molecule has 3 heterocycles. The zero-order valence-corrected chi connectivity index (χ0v) is 16.6. The number of benzene rings is 2. The minimum Gasteiger partial charge on any atom is -0.383 e. The largest absolute Gasteiger partial charge is 0.383 e. The summed E-state index contributed by atoms with van der Waals surface area (Å²) in [6, 6.07) is 13.3. The number of anilines is 1. The molecule has 0 amide bonds. The highest BCUT2D eigenvalue weighted by atomic mass is 35.5. The molecule has 0 spiro atoms. The lowest BCUT2D eigenvalue weighted by atomic mass is 9.99. The highest BCUT2D eigenvalue weighted by molar-refractivity contribution is 6.31. The summed E-state index contributed by atoms with van der Waals surface area (Å²) in [5.41, 5.74) is 3.59. The maximum absolute atomic E-state index is 13.1. The third kappa shape index (κ3) is 3.50. The van der Waals surface area contributed by atoms with Gasteiger partial charge in [0.1, 0.15) is 11.4 Å². The SMILES string of the molecule is O=c1[nH]c2ccc(Cl)cc2c(NCC2CCCNC2)c1-c1nc2ccccc2[nH]1. The number of aromatic nitrogens is 3. The van der Waals surface area contributed by atoms with Crippen molar-refractivity contribution in [2.45, 2.75) is 12.8 Å². The van der Waals surface area contributed by atoms with Crippen LogP contribution in [0.2, 0.25) is 5.02 Å². The Labute approximate surface area is 172 Å². The number of fused-ring (bicyclic) bond motifs is 2. The zero-order chi connectivity index (χ0) is 19.8. The number of nitrogens with zero attached hydrogens (tertiary/aromatic N) is 1. The van der Waals surface area contributed by atoms with Crippen LogP contribution in [0, 0.1) is 5.92 Å². The Kier molecular flexibility index (Phi) is 4.73. The standard InChI is InChI=1S/C22H22ClN5O/c23-14-7-8-16-15(10-14)20(25-12-13-4-3-9-24-11-13)19(22(29)28-16)21-26-17-5-1-2-6-18(17)27-21/h1-2,5-8,10,13,24H,3-4,9,11-12H2,(H,26,27)(H2,25,28,29). The van der Waals surface area contributed by atoms with Gasteiger partial charge in [-0.25, -0.2) is 4.98 Å². The van der Waals surface area contributed by atoms with E-state index in [2.05, 4.69) is 25.6 Å². The molecule has 0 bridgehead atoms. The molecule has 1 unspecified atom stereocenters. The quantitative estimate of drug-likeness (QED) is 0.409. The molecule has 6 nitrogen and oxygen atoms in total. The van der Waals surface area contributed by atoms with Crippen molar-refractivity contribution >= 4 is 39.2 Å². The molecule has 0 radical (unpaired) electrons. The molecule has 7 heteroatoms. The number of para-hydroxylation sites is 2. The van der Waals surface area contributed by atoms with Gasteiger partial charge in [0.15, 0.2) is 0 Å². The van der Waals surface area contributed by atoms with Crippen molar-refractivity contribution in [3.63, 3.8) is 0 Å². The average molecular weight is 408 g/mol. The van der Waals surface area contributed by atoms with Gasteiger partial charge in [-0.2, -0.15) is 0 Å². The van der Waals surface area contributed by atoms with E-state index in [0.29, 0.717) is 22.3 Å². The Balaban J connectivity index is 1.66. The predicted octanol–water partition coefficient (Wildman–Crippen LogP) is 4.14. The van der Waals surface area contributed by atoms with Gasteiger partial charge in [0, 0.05) is 17.0 Å². The number of aromatic amines is 2. The third-order valence-electron chi connectivity index (χ3n) is 5.57. The summed E-state index contributed by atoms with van der Waals surface area (Å²) in [6.07, 6.45) is 2.34. The molecule has 2 aromatic carbocycles. The summed E-state index contributed by atoms with van der Waals surface area (Å²) < 4.78 is 0. The molecular formula is C22H22ClN5O. The van der Waals surface area contributed by atoms with E-state index in [0.717, 1.165) is 47.3 Å². The Bertz CT molecular complexity index is 1210. The highest BCUT2D eigenvalue weighted by Crippen LogP contribution is 2.32. The summed E-state index contributed by atoms with van der Waals surface area (Å²) in [4.78, 5) is 24.0. The van der Waals surface area contributed by atoms with Gasteiger partial charge in [0.25, 0.3) is 5.56 Å². The second-order valence-electron chi connectivity index (χ2n) is 7.59. The molecule has 29 heavy (non-hydrogen) atoms. The van der Waals surface area contributed by atoms with Gasteiger partial charge >= 0.3 is 0 Å². The summed E-state index contributed by atoms with van der Waals surface area (Å²) in [5.74, 6) is 1.07. The van der Waals surface area contributed by atoms with Crippen molar-refractivity contribution in [1.82, 2.24) is 20.3 Å². The second kappa shape index (κ2) is 7.54. The molecule has 2 aromatic heterocycles. The van der Waals surface area contributed by atoms with Crippen molar-refractivity contribution in [2.75, 3.05) is 25.0 Å². The molecule has 0 aliphatic carbocycles. The van der Waals surface area contributed by atoms with Crippen LogP contribution in [-0.2, 0) is 0 Å². The molecule has 0 saturated carbocycles. The summed E-state index contributed by atoms with van der Waals surface area (Å²) >= 11 is 6.29. The van der Waals surface area contributed by atoms with Gasteiger partial charge in [0.2, 0.25) is 0 Å². The normalized spacial score (nSPS) is 17.1. The van der Waals surface area contributed by atoms with Crippen molar-refractivity contribution in [1.29, 1.82) is 0 Å². The molecule has 1 aliphatic rings. The number of imidazole rings is 1. The van der Waals surface area contributed by atoms with Crippen molar-refractivity contribution in [3.8, 4) is 11.4 Å². The number of hydrogen-bond acceptors (Lipinski definition) is 4. The van der Waals surface area contributed by atoms with Crippen molar-refractivity contribution in [2.24, 2.45) is 5.92 Å². The van der Waals surface area contributed by atoms with Gasteiger partial charge in [-0.1, -0.05) is 23.7 Å². The Morgan fingerprint density at radius 3 is 2.86 bits per heavy atom. The predicted molar refractivity (Wildman–Crippen MR) is 119 cm³/mol. The second-order valence-corrected chi connectivity index (χ2v) is 8.03. The van der Waals surface area contributed by atoms with Crippen LogP contribution in [0.15, 0.2) is 47.3 Å². The van der Waals surface area contributed by atoms with Gasteiger partial charge < -0.3 is 20.6 Å². The number of halogens is 1.